The Balaban J connectivity index is 2.34. The van der Waals surface area contributed by atoms with Crippen molar-refractivity contribution in [3.63, 3.8) is 0 Å². The number of alkyl halides is 3. The monoisotopic (exact) mass is 361 g/mol. The summed E-state index contributed by atoms with van der Waals surface area (Å²) in [7, 11) is 2.77. The van der Waals surface area contributed by atoms with E-state index in [9.17, 15) is 28.1 Å². The summed E-state index contributed by atoms with van der Waals surface area (Å²) in [5.74, 6) is -0.822. The van der Waals surface area contributed by atoms with Crippen LogP contribution < -0.4 is 4.90 Å². The van der Waals surface area contributed by atoms with Gasteiger partial charge in [0.1, 0.15) is 0 Å². The summed E-state index contributed by atoms with van der Waals surface area (Å²) in [5.41, 5.74) is -1.86. The molecule has 1 aromatic carbocycles. The number of hydroxylamine groups is 2. The first-order chi connectivity index (χ1) is 11.6. The van der Waals surface area contributed by atoms with Crippen LogP contribution in [0.5, 0.6) is 0 Å². The van der Waals surface area contributed by atoms with E-state index in [0.717, 1.165) is 17.2 Å². The smallest absolute Gasteiger partial charge is 0.370 e. The molecule has 1 saturated heterocycles. The molecule has 1 aliphatic rings. The van der Waals surface area contributed by atoms with Crippen LogP contribution in [0.3, 0.4) is 0 Å². The first kappa shape index (κ1) is 19.0. The lowest BCUT2D eigenvalue weighted by Crippen LogP contribution is -2.44. The second-order valence-corrected chi connectivity index (χ2v) is 5.76. The van der Waals surface area contributed by atoms with Crippen molar-refractivity contribution in [3.8, 4) is 0 Å². The Labute approximate surface area is 142 Å². The molecule has 1 aliphatic heterocycles. The van der Waals surface area contributed by atoms with Gasteiger partial charge in [0.05, 0.1) is 23.5 Å². The quantitative estimate of drug-likeness (QED) is 0.609. The molecular formula is C15H18F3N3O4. The van der Waals surface area contributed by atoms with Gasteiger partial charge >= 0.3 is 6.18 Å². The third-order valence-electron chi connectivity index (χ3n) is 4.19. The number of benzene rings is 1. The number of amides is 1. The fourth-order valence-electron chi connectivity index (χ4n) is 2.88. The van der Waals surface area contributed by atoms with Crippen LogP contribution in [0.2, 0.25) is 0 Å². The maximum atomic E-state index is 13.3. The standard InChI is InChI=1S/C15H18F3N3O4/c1-19(25-2)14(22)10-4-3-7-20(9-10)13-6-5-11(21(23)24)8-12(13)15(16,17)18/h5-6,8,10H,3-4,7,9H2,1-2H3. The van der Waals surface area contributed by atoms with Crippen molar-refractivity contribution in [2.75, 3.05) is 32.1 Å². The Morgan fingerprint density at radius 3 is 2.68 bits per heavy atom. The van der Waals surface area contributed by atoms with Crippen LogP contribution in [0.25, 0.3) is 0 Å². The van der Waals surface area contributed by atoms with E-state index in [1.54, 1.807) is 0 Å². The minimum Gasteiger partial charge on any atom is -0.370 e. The molecule has 7 nitrogen and oxygen atoms in total. The van der Waals surface area contributed by atoms with Gasteiger partial charge in [0.2, 0.25) is 0 Å². The summed E-state index contributed by atoms with van der Waals surface area (Å²) in [4.78, 5) is 28.4. The molecule has 1 amide bonds. The predicted octanol–water partition coefficient (Wildman–Crippen LogP) is 2.85. The van der Waals surface area contributed by atoms with E-state index in [2.05, 4.69) is 0 Å². The van der Waals surface area contributed by atoms with Crippen LogP contribution in [-0.4, -0.2) is 43.1 Å². The Kier molecular flexibility index (Phi) is 5.51. The number of halogens is 3. The first-order valence-corrected chi connectivity index (χ1v) is 7.57. The number of rotatable bonds is 4. The second kappa shape index (κ2) is 7.26. The van der Waals surface area contributed by atoms with Crippen LogP contribution in [0.15, 0.2) is 18.2 Å². The van der Waals surface area contributed by atoms with Crippen LogP contribution >= 0.6 is 0 Å². The molecule has 1 atom stereocenters. The molecular weight excluding hydrogens is 343 g/mol. The van der Waals surface area contributed by atoms with Gasteiger partial charge in [-0.05, 0) is 18.9 Å². The van der Waals surface area contributed by atoms with Gasteiger partial charge in [-0.3, -0.25) is 19.7 Å². The molecule has 1 heterocycles. The zero-order valence-electron chi connectivity index (χ0n) is 13.7. The topological polar surface area (TPSA) is 75.9 Å². The summed E-state index contributed by atoms with van der Waals surface area (Å²) in [6.45, 7) is 0.425. The highest BCUT2D eigenvalue weighted by atomic mass is 19.4. The molecule has 1 unspecified atom stereocenters. The number of nitrogens with zero attached hydrogens (tertiary/aromatic N) is 3. The number of non-ortho nitro benzene ring substituents is 1. The van der Waals surface area contributed by atoms with Crippen LogP contribution in [0, 0.1) is 16.0 Å². The van der Waals surface area contributed by atoms with Crippen LogP contribution in [-0.2, 0) is 15.8 Å². The number of piperidine rings is 1. The Morgan fingerprint density at radius 2 is 2.12 bits per heavy atom. The molecule has 0 spiro atoms. The van der Waals surface area contributed by atoms with E-state index < -0.39 is 28.3 Å². The zero-order chi connectivity index (χ0) is 18.8. The average molecular weight is 361 g/mol. The summed E-state index contributed by atoms with van der Waals surface area (Å²) in [6, 6.07) is 2.66. The zero-order valence-corrected chi connectivity index (χ0v) is 13.7. The fourth-order valence-corrected chi connectivity index (χ4v) is 2.88. The van der Waals surface area contributed by atoms with E-state index in [1.807, 2.05) is 0 Å². The van der Waals surface area contributed by atoms with Crippen molar-refractivity contribution in [1.82, 2.24) is 5.06 Å². The van der Waals surface area contributed by atoms with Gasteiger partial charge in [-0.15, -0.1) is 0 Å². The van der Waals surface area contributed by atoms with E-state index in [0.29, 0.717) is 25.5 Å². The molecule has 0 N–H and O–H groups in total. The lowest BCUT2D eigenvalue weighted by Gasteiger charge is -2.36. The summed E-state index contributed by atoms with van der Waals surface area (Å²) in [5, 5.41) is 11.8. The van der Waals surface area contributed by atoms with E-state index >= 15 is 0 Å². The Bertz CT molecular complexity index is 666. The van der Waals surface area contributed by atoms with Gasteiger partial charge in [0.25, 0.3) is 11.6 Å². The van der Waals surface area contributed by atoms with Crippen LogP contribution in [0.4, 0.5) is 24.5 Å². The number of nitro groups is 1. The highest BCUT2D eigenvalue weighted by Gasteiger charge is 2.38. The molecule has 0 saturated carbocycles. The third kappa shape index (κ3) is 4.19. The molecule has 0 bridgehead atoms. The number of anilines is 1. The number of nitro benzene ring substituents is 1. The van der Waals surface area contributed by atoms with E-state index in [-0.39, 0.29) is 18.1 Å². The minimum atomic E-state index is -4.73. The van der Waals surface area contributed by atoms with Crippen molar-refractivity contribution in [3.05, 3.63) is 33.9 Å². The van der Waals surface area contributed by atoms with Crippen LogP contribution in [0.1, 0.15) is 18.4 Å². The maximum Gasteiger partial charge on any atom is 0.418 e. The predicted molar refractivity (Wildman–Crippen MR) is 82.8 cm³/mol. The largest absolute Gasteiger partial charge is 0.418 e. The van der Waals surface area contributed by atoms with Gasteiger partial charge in [-0.25, -0.2) is 5.06 Å². The minimum absolute atomic E-state index is 0.0907. The number of carbonyl (C=O) groups excluding carboxylic acids is 1. The van der Waals surface area contributed by atoms with Crippen molar-refractivity contribution >= 4 is 17.3 Å². The second-order valence-electron chi connectivity index (χ2n) is 5.76. The summed E-state index contributed by atoms with van der Waals surface area (Å²) >= 11 is 0. The lowest BCUT2D eigenvalue weighted by molar-refractivity contribution is -0.385. The van der Waals surface area contributed by atoms with Crippen molar-refractivity contribution in [1.29, 1.82) is 0 Å². The molecule has 2 rings (SSSR count). The molecule has 25 heavy (non-hydrogen) atoms. The molecule has 0 radical (unpaired) electrons. The third-order valence-corrected chi connectivity index (χ3v) is 4.19. The van der Waals surface area contributed by atoms with Crippen molar-refractivity contribution < 1.29 is 27.7 Å². The summed E-state index contributed by atoms with van der Waals surface area (Å²) < 4.78 is 40.0. The molecule has 10 heteroatoms. The molecule has 138 valence electrons. The normalized spacial score (nSPS) is 18.1. The van der Waals surface area contributed by atoms with Gasteiger partial charge in [-0.2, -0.15) is 13.2 Å². The van der Waals surface area contributed by atoms with Crippen molar-refractivity contribution in [2.45, 2.75) is 19.0 Å². The highest BCUT2D eigenvalue weighted by molar-refractivity contribution is 5.78. The first-order valence-electron chi connectivity index (χ1n) is 7.57. The lowest BCUT2D eigenvalue weighted by atomic mass is 9.95. The van der Waals surface area contributed by atoms with Gasteiger partial charge in [0, 0.05) is 38.0 Å². The van der Waals surface area contributed by atoms with E-state index in [1.165, 1.54) is 19.1 Å². The Hall–Kier alpha value is -2.36. The average Bonchev–Trinajstić information content (AvgIpc) is 2.59. The highest BCUT2D eigenvalue weighted by Crippen LogP contribution is 2.40. The maximum absolute atomic E-state index is 13.3. The molecule has 1 fully saturated rings. The SMILES string of the molecule is CON(C)C(=O)C1CCCN(c2ccc([N+](=O)[O-])cc2C(F)(F)F)C1. The number of carbonyl (C=O) groups is 1. The number of hydrogen-bond donors (Lipinski definition) is 0. The molecule has 0 aliphatic carbocycles. The molecule has 0 aromatic heterocycles. The van der Waals surface area contributed by atoms with Gasteiger partial charge in [0.15, 0.2) is 0 Å². The van der Waals surface area contributed by atoms with E-state index in [4.69, 9.17) is 4.84 Å². The van der Waals surface area contributed by atoms with Crippen molar-refractivity contribution in [2.24, 2.45) is 5.92 Å². The van der Waals surface area contributed by atoms with Gasteiger partial charge in [-0.1, -0.05) is 0 Å². The number of hydrogen-bond acceptors (Lipinski definition) is 5. The fraction of sp³-hybridized carbons (Fsp3) is 0.533. The Morgan fingerprint density at radius 1 is 1.44 bits per heavy atom. The molecule has 1 aromatic rings. The summed E-state index contributed by atoms with van der Waals surface area (Å²) in [6.07, 6.45) is -3.67. The van der Waals surface area contributed by atoms with Gasteiger partial charge < -0.3 is 4.90 Å².